The quantitative estimate of drug-likeness (QED) is 0.483. The number of aliphatic hydroxyl groups excluding tert-OH is 4. The lowest BCUT2D eigenvalue weighted by Gasteiger charge is -2.39. The minimum Gasteiger partial charge on any atom is -0.463 e. The van der Waals surface area contributed by atoms with E-state index in [1.807, 2.05) is 0 Å². The number of rotatable bonds is 4. The molecule has 30 heavy (non-hydrogen) atoms. The fourth-order valence-electron chi connectivity index (χ4n) is 3.31. The molecule has 1 aromatic heterocycles. The van der Waals surface area contributed by atoms with Gasteiger partial charge < -0.3 is 34.3 Å². The van der Waals surface area contributed by atoms with E-state index in [-0.39, 0.29) is 16.8 Å². The Labute approximate surface area is 175 Å². The Balaban J connectivity index is 1.62. The maximum absolute atomic E-state index is 12.8. The van der Waals surface area contributed by atoms with Gasteiger partial charge in [-0.3, -0.25) is 4.79 Å². The van der Waals surface area contributed by atoms with Crippen LogP contribution in [-0.2, 0) is 4.74 Å². The van der Waals surface area contributed by atoms with E-state index < -0.39 is 37.3 Å². The number of halogens is 1. The van der Waals surface area contributed by atoms with E-state index in [1.54, 1.807) is 24.3 Å². The Hall–Kier alpha value is -2.46. The highest BCUT2D eigenvalue weighted by Crippen LogP contribution is 2.27. The first-order valence-corrected chi connectivity index (χ1v) is 9.55. The summed E-state index contributed by atoms with van der Waals surface area (Å²) in [6, 6.07) is 11.3. The second kappa shape index (κ2) is 8.35. The minimum atomic E-state index is -1.55. The Kier molecular flexibility index (Phi) is 5.79. The molecular weight excluding hydrogens is 416 g/mol. The van der Waals surface area contributed by atoms with Crippen LogP contribution < -0.4 is 10.2 Å². The van der Waals surface area contributed by atoms with Crippen LogP contribution in [0.2, 0.25) is 5.02 Å². The highest BCUT2D eigenvalue weighted by molar-refractivity contribution is 6.30. The Bertz CT molecular complexity index is 1090. The van der Waals surface area contributed by atoms with Crippen molar-refractivity contribution in [3.8, 4) is 16.9 Å². The molecule has 4 N–H and O–H groups in total. The van der Waals surface area contributed by atoms with E-state index in [4.69, 9.17) is 25.5 Å². The Morgan fingerprint density at radius 1 is 1.00 bits per heavy atom. The second-order valence-electron chi connectivity index (χ2n) is 6.96. The van der Waals surface area contributed by atoms with Crippen LogP contribution in [0.15, 0.2) is 57.9 Å². The van der Waals surface area contributed by atoms with Crippen molar-refractivity contribution in [3.05, 3.63) is 64.0 Å². The molecule has 4 rings (SSSR count). The molecule has 5 atom stereocenters. The third-order valence-corrected chi connectivity index (χ3v) is 5.25. The van der Waals surface area contributed by atoms with Crippen LogP contribution in [-0.4, -0.2) is 57.7 Å². The monoisotopic (exact) mass is 434 g/mol. The molecule has 0 amide bonds. The van der Waals surface area contributed by atoms with Crippen LogP contribution in [0.25, 0.3) is 22.1 Å². The van der Waals surface area contributed by atoms with Gasteiger partial charge in [0.2, 0.25) is 6.29 Å². The minimum absolute atomic E-state index is 0.203. The standard InChI is InChI=1S/C21H19ClO8/c22-11-3-1-10(2-4-11)14-9-28-15-7-12(5-6-13(15)17(14)24)29-21-20(27)19(26)18(25)16(8-23)30-21/h1-7,9,16,18-21,23,25-27H,8H2/t16-,18-,19+,20-,21+/m0/s1. The number of benzene rings is 2. The van der Waals surface area contributed by atoms with Crippen LogP contribution >= 0.6 is 11.6 Å². The average molecular weight is 435 g/mol. The molecule has 0 saturated carbocycles. The van der Waals surface area contributed by atoms with Gasteiger partial charge >= 0.3 is 0 Å². The molecule has 1 aliphatic heterocycles. The average Bonchev–Trinajstić information content (AvgIpc) is 2.75. The molecule has 1 aliphatic rings. The van der Waals surface area contributed by atoms with Gasteiger partial charge in [0.1, 0.15) is 42.0 Å². The van der Waals surface area contributed by atoms with Crippen LogP contribution in [0.5, 0.6) is 5.75 Å². The van der Waals surface area contributed by atoms with Crippen molar-refractivity contribution < 1.29 is 34.3 Å². The van der Waals surface area contributed by atoms with E-state index in [9.17, 15) is 25.2 Å². The molecule has 3 aromatic rings. The van der Waals surface area contributed by atoms with Gasteiger partial charge in [-0.15, -0.1) is 0 Å². The van der Waals surface area contributed by atoms with Crippen molar-refractivity contribution in [2.75, 3.05) is 6.61 Å². The Morgan fingerprint density at radius 2 is 1.73 bits per heavy atom. The first-order chi connectivity index (χ1) is 14.4. The molecule has 9 heteroatoms. The van der Waals surface area contributed by atoms with E-state index in [0.29, 0.717) is 21.5 Å². The lowest BCUT2D eigenvalue weighted by molar-refractivity contribution is -0.277. The number of ether oxygens (including phenoxy) is 2. The third kappa shape index (κ3) is 3.81. The number of aliphatic hydroxyl groups is 4. The van der Waals surface area contributed by atoms with Crippen LogP contribution in [0, 0.1) is 0 Å². The maximum atomic E-state index is 12.8. The van der Waals surface area contributed by atoms with Crippen molar-refractivity contribution in [1.82, 2.24) is 0 Å². The van der Waals surface area contributed by atoms with Gasteiger partial charge in [0.05, 0.1) is 17.6 Å². The topological polar surface area (TPSA) is 130 Å². The maximum Gasteiger partial charge on any atom is 0.229 e. The van der Waals surface area contributed by atoms with Gasteiger partial charge in [-0.1, -0.05) is 23.7 Å². The summed E-state index contributed by atoms with van der Waals surface area (Å²) in [5.74, 6) is 0.203. The van der Waals surface area contributed by atoms with Crippen molar-refractivity contribution >= 4 is 22.6 Å². The summed E-state index contributed by atoms with van der Waals surface area (Å²) >= 11 is 5.89. The molecule has 0 radical (unpaired) electrons. The van der Waals surface area contributed by atoms with E-state index in [1.165, 1.54) is 24.5 Å². The number of hydrogen-bond acceptors (Lipinski definition) is 8. The van der Waals surface area contributed by atoms with Crippen LogP contribution in [0.3, 0.4) is 0 Å². The third-order valence-electron chi connectivity index (χ3n) is 5.00. The fourth-order valence-corrected chi connectivity index (χ4v) is 3.44. The van der Waals surface area contributed by atoms with Gasteiger partial charge in [0, 0.05) is 11.1 Å². The van der Waals surface area contributed by atoms with Crippen molar-refractivity contribution in [1.29, 1.82) is 0 Å². The van der Waals surface area contributed by atoms with Gasteiger partial charge in [-0.05, 0) is 29.8 Å². The molecule has 2 heterocycles. The zero-order chi connectivity index (χ0) is 21.4. The summed E-state index contributed by atoms with van der Waals surface area (Å²) in [4.78, 5) is 12.8. The first-order valence-electron chi connectivity index (χ1n) is 9.17. The first kappa shape index (κ1) is 20.8. The molecule has 0 spiro atoms. The molecular formula is C21H19ClO8. The van der Waals surface area contributed by atoms with Crippen molar-refractivity contribution in [2.24, 2.45) is 0 Å². The smallest absolute Gasteiger partial charge is 0.229 e. The fraction of sp³-hybridized carbons (Fsp3) is 0.286. The van der Waals surface area contributed by atoms with E-state index >= 15 is 0 Å². The Morgan fingerprint density at radius 3 is 2.43 bits per heavy atom. The second-order valence-corrected chi connectivity index (χ2v) is 7.39. The lowest BCUT2D eigenvalue weighted by atomic mass is 9.99. The van der Waals surface area contributed by atoms with Gasteiger partial charge in [0.25, 0.3) is 0 Å². The molecule has 2 aromatic carbocycles. The van der Waals surface area contributed by atoms with Crippen LogP contribution in [0.1, 0.15) is 0 Å². The summed E-state index contributed by atoms with van der Waals surface area (Å²) in [6.45, 7) is -0.565. The summed E-state index contributed by atoms with van der Waals surface area (Å²) < 4.78 is 16.5. The normalized spacial score (nSPS) is 26.6. The molecule has 0 aliphatic carbocycles. The summed E-state index contributed by atoms with van der Waals surface area (Å²) in [6.07, 6.45) is -5.66. The van der Waals surface area contributed by atoms with Gasteiger partial charge in [-0.25, -0.2) is 0 Å². The summed E-state index contributed by atoms with van der Waals surface area (Å²) in [7, 11) is 0. The lowest BCUT2D eigenvalue weighted by Crippen LogP contribution is -2.60. The molecule has 1 fully saturated rings. The number of hydrogen-bond donors (Lipinski definition) is 4. The number of fused-ring (bicyclic) bond motifs is 1. The van der Waals surface area contributed by atoms with E-state index in [2.05, 4.69) is 0 Å². The van der Waals surface area contributed by atoms with E-state index in [0.717, 1.165) is 0 Å². The van der Waals surface area contributed by atoms with Crippen molar-refractivity contribution in [2.45, 2.75) is 30.7 Å². The van der Waals surface area contributed by atoms with Gasteiger partial charge in [-0.2, -0.15) is 0 Å². The molecule has 158 valence electrons. The zero-order valence-electron chi connectivity index (χ0n) is 15.5. The summed E-state index contributed by atoms with van der Waals surface area (Å²) in [5.41, 5.74) is 1.05. The van der Waals surface area contributed by atoms with Crippen molar-refractivity contribution in [3.63, 3.8) is 0 Å². The molecule has 0 unspecified atom stereocenters. The SMILES string of the molecule is O=c1c(-c2ccc(Cl)cc2)coc2cc(O[C@@H]3O[C@@H](CO)[C@H](O)[C@@H](O)[C@@H]3O)ccc12. The molecule has 8 nitrogen and oxygen atoms in total. The highest BCUT2D eigenvalue weighted by atomic mass is 35.5. The largest absolute Gasteiger partial charge is 0.463 e. The molecule has 1 saturated heterocycles. The highest BCUT2D eigenvalue weighted by Gasteiger charge is 2.44. The van der Waals surface area contributed by atoms with Gasteiger partial charge in [0.15, 0.2) is 5.43 Å². The van der Waals surface area contributed by atoms with Crippen LogP contribution in [0.4, 0.5) is 0 Å². The predicted molar refractivity (Wildman–Crippen MR) is 107 cm³/mol. The summed E-state index contributed by atoms with van der Waals surface area (Å²) in [5, 5.41) is 40.0. The zero-order valence-corrected chi connectivity index (χ0v) is 16.3. The molecule has 0 bridgehead atoms. The predicted octanol–water partition coefficient (Wildman–Crippen LogP) is 1.29.